The molecule has 0 spiro atoms. The van der Waals surface area contributed by atoms with Crippen molar-refractivity contribution in [2.45, 2.75) is 37.6 Å². The Morgan fingerprint density at radius 2 is 1.65 bits per heavy atom. The van der Waals surface area contributed by atoms with E-state index >= 15 is 0 Å². The van der Waals surface area contributed by atoms with Gasteiger partial charge in [0.25, 0.3) is 5.92 Å². The summed E-state index contributed by atoms with van der Waals surface area (Å²) in [4.78, 5) is 35.9. The first-order valence-electron chi connectivity index (χ1n) is 11.3. The monoisotopic (exact) mass is 472 g/mol. The molecule has 180 valence electrons. The van der Waals surface area contributed by atoms with Gasteiger partial charge in [-0.3, -0.25) is 9.59 Å². The zero-order chi connectivity index (χ0) is 24.5. The first-order valence-corrected chi connectivity index (χ1v) is 11.3. The van der Waals surface area contributed by atoms with Crippen molar-refractivity contribution in [3.63, 3.8) is 0 Å². The number of hydrogen-bond acceptors (Lipinski definition) is 4. The van der Waals surface area contributed by atoms with Gasteiger partial charge in [0.1, 0.15) is 18.6 Å². The Kier molecular flexibility index (Phi) is 6.54. The van der Waals surface area contributed by atoms with E-state index in [9.17, 15) is 23.2 Å². The van der Waals surface area contributed by atoms with Crippen LogP contribution in [0.5, 0.6) is 0 Å². The summed E-state index contributed by atoms with van der Waals surface area (Å²) in [5, 5.41) is 13.7. The van der Waals surface area contributed by atoms with Crippen LogP contribution in [0.2, 0.25) is 0 Å². The standard InChI is InChI=1S/C25H26F2N2O5/c1-2-7-20(22(30)28-12-19-21(23(31)32)25(19,26)27)29-24(33)34-13-18-16-10-5-3-8-14(16)15-9-4-6-11-17(15)18/h3-6,8-11,18-21H,2,7,12-13H2,1H3,(H,28,30)(H,29,33)(H,31,32)/t19-,20?,21-/m1/s1. The number of ether oxygens (including phenoxy) is 1. The van der Waals surface area contributed by atoms with Crippen LogP contribution in [0.4, 0.5) is 13.6 Å². The van der Waals surface area contributed by atoms with Crippen molar-refractivity contribution in [2.24, 2.45) is 11.8 Å². The number of halogens is 2. The highest BCUT2D eigenvalue weighted by molar-refractivity contribution is 5.86. The van der Waals surface area contributed by atoms with Crippen LogP contribution in [0.25, 0.3) is 11.1 Å². The van der Waals surface area contributed by atoms with Gasteiger partial charge in [-0.1, -0.05) is 61.9 Å². The summed E-state index contributed by atoms with van der Waals surface area (Å²) >= 11 is 0. The van der Waals surface area contributed by atoms with Gasteiger partial charge >= 0.3 is 12.1 Å². The predicted molar refractivity (Wildman–Crippen MR) is 119 cm³/mol. The molecule has 9 heteroatoms. The second kappa shape index (κ2) is 9.40. The number of fused-ring (bicyclic) bond motifs is 3. The van der Waals surface area contributed by atoms with Gasteiger partial charge in [0, 0.05) is 12.5 Å². The molecule has 0 heterocycles. The van der Waals surface area contributed by atoms with E-state index in [1.807, 2.05) is 55.5 Å². The van der Waals surface area contributed by atoms with Crippen molar-refractivity contribution in [1.29, 1.82) is 0 Å². The largest absolute Gasteiger partial charge is 0.481 e. The zero-order valence-corrected chi connectivity index (χ0v) is 18.6. The van der Waals surface area contributed by atoms with Crippen LogP contribution in [0, 0.1) is 11.8 Å². The maximum absolute atomic E-state index is 13.6. The molecule has 0 bridgehead atoms. The van der Waals surface area contributed by atoms with E-state index in [4.69, 9.17) is 9.84 Å². The van der Waals surface area contributed by atoms with Crippen LogP contribution in [-0.2, 0) is 14.3 Å². The van der Waals surface area contributed by atoms with Gasteiger partial charge < -0.3 is 20.5 Å². The fourth-order valence-corrected chi connectivity index (χ4v) is 4.65. The lowest BCUT2D eigenvalue weighted by Gasteiger charge is -2.19. The minimum atomic E-state index is -3.35. The maximum atomic E-state index is 13.6. The Labute approximate surface area is 195 Å². The van der Waals surface area contributed by atoms with E-state index < -0.39 is 48.3 Å². The fourth-order valence-electron chi connectivity index (χ4n) is 4.65. The lowest BCUT2D eigenvalue weighted by molar-refractivity contribution is -0.141. The van der Waals surface area contributed by atoms with Crippen molar-refractivity contribution in [1.82, 2.24) is 10.6 Å². The number of carbonyl (C=O) groups is 3. The number of aliphatic carboxylic acids is 1. The Bertz CT molecular complexity index is 1060. The van der Waals surface area contributed by atoms with Crippen molar-refractivity contribution in [3.05, 3.63) is 59.7 Å². The van der Waals surface area contributed by atoms with E-state index in [-0.39, 0.29) is 18.9 Å². The third-order valence-electron chi connectivity index (χ3n) is 6.49. The maximum Gasteiger partial charge on any atom is 0.407 e. The van der Waals surface area contributed by atoms with E-state index in [2.05, 4.69) is 10.6 Å². The minimum absolute atomic E-state index is 0.0783. The van der Waals surface area contributed by atoms with E-state index in [1.54, 1.807) is 0 Å². The lowest BCUT2D eigenvalue weighted by atomic mass is 9.98. The van der Waals surface area contributed by atoms with Crippen LogP contribution in [0.15, 0.2) is 48.5 Å². The van der Waals surface area contributed by atoms with Crippen LogP contribution in [-0.4, -0.2) is 48.2 Å². The molecule has 2 aromatic rings. The van der Waals surface area contributed by atoms with Crippen LogP contribution < -0.4 is 10.6 Å². The van der Waals surface area contributed by atoms with Gasteiger partial charge in [-0.05, 0) is 28.7 Å². The minimum Gasteiger partial charge on any atom is -0.481 e. The number of alkyl halides is 2. The lowest BCUT2D eigenvalue weighted by Crippen LogP contribution is -2.47. The molecule has 3 atom stereocenters. The molecule has 2 aliphatic rings. The third kappa shape index (κ3) is 4.47. The second-order valence-electron chi connectivity index (χ2n) is 8.65. The van der Waals surface area contributed by atoms with Gasteiger partial charge in [-0.2, -0.15) is 0 Å². The third-order valence-corrected chi connectivity index (χ3v) is 6.49. The SMILES string of the molecule is CCCC(NC(=O)OCC1c2ccccc2-c2ccccc21)C(=O)NC[C@@H]1[C@H](C(=O)O)C1(F)F. The van der Waals surface area contributed by atoms with Crippen molar-refractivity contribution in [3.8, 4) is 11.1 Å². The average molecular weight is 472 g/mol. The zero-order valence-electron chi connectivity index (χ0n) is 18.6. The van der Waals surface area contributed by atoms with E-state index in [1.165, 1.54) is 0 Å². The van der Waals surface area contributed by atoms with Crippen LogP contribution in [0.1, 0.15) is 36.8 Å². The smallest absolute Gasteiger partial charge is 0.407 e. The molecule has 2 aliphatic carbocycles. The normalized spacial score (nSPS) is 20.6. The van der Waals surface area contributed by atoms with Gasteiger partial charge in [0.05, 0.1) is 5.92 Å². The molecule has 0 aromatic heterocycles. The van der Waals surface area contributed by atoms with Crippen LogP contribution in [0.3, 0.4) is 0 Å². The molecule has 1 fully saturated rings. The molecule has 3 N–H and O–H groups in total. The number of nitrogens with one attached hydrogen (secondary N) is 2. The number of carboxylic acid groups (broad SMARTS) is 1. The first-order chi connectivity index (χ1) is 16.3. The topological polar surface area (TPSA) is 105 Å². The highest BCUT2D eigenvalue weighted by Crippen LogP contribution is 2.54. The number of amides is 2. The van der Waals surface area contributed by atoms with Gasteiger partial charge in [-0.15, -0.1) is 0 Å². The molecule has 1 saturated carbocycles. The summed E-state index contributed by atoms with van der Waals surface area (Å²) in [5.74, 6) is -8.98. The molecule has 2 aromatic carbocycles. The summed E-state index contributed by atoms with van der Waals surface area (Å²) in [6, 6.07) is 14.8. The molecule has 0 saturated heterocycles. The first kappa shape index (κ1) is 23.7. The van der Waals surface area contributed by atoms with Crippen molar-refractivity contribution >= 4 is 18.0 Å². The summed E-state index contributed by atoms with van der Waals surface area (Å²) in [7, 11) is 0. The number of carboxylic acids is 1. The van der Waals surface area contributed by atoms with Gasteiger partial charge in [0.2, 0.25) is 5.91 Å². The summed E-state index contributed by atoms with van der Waals surface area (Å²) in [6.45, 7) is 1.42. The fraction of sp³-hybridized carbons (Fsp3) is 0.400. The molecule has 2 amide bonds. The molecular weight excluding hydrogens is 446 g/mol. The van der Waals surface area contributed by atoms with E-state index in [0.717, 1.165) is 22.3 Å². The molecule has 4 rings (SSSR count). The Balaban J connectivity index is 1.34. The number of hydrogen-bond donors (Lipinski definition) is 3. The molecule has 1 unspecified atom stereocenters. The van der Waals surface area contributed by atoms with Crippen LogP contribution >= 0.6 is 0 Å². The molecule has 34 heavy (non-hydrogen) atoms. The highest BCUT2D eigenvalue weighted by Gasteiger charge is 2.72. The molecule has 0 aliphatic heterocycles. The van der Waals surface area contributed by atoms with Crippen molar-refractivity contribution in [2.75, 3.05) is 13.2 Å². The number of rotatable bonds is 9. The Hall–Kier alpha value is -3.49. The number of carbonyl (C=O) groups excluding carboxylic acids is 2. The molecule has 0 radical (unpaired) electrons. The summed E-state index contributed by atoms with van der Waals surface area (Å²) in [6.07, 6.45) is 0.0500. The van der Waals surface area contributed by atoms with Gasteiger partial charge in [0.15, 0.2) is 0 Å². The number of alkyl carbamates (subject to hydrolysis) is 1. The number of benzene rings is 2. The quantitative estimate of drug-likeness (QED) is 0.515. The van der Waals surface area contributed by atoms with Crippen molar-refractivity contribution < 1.29 is 33.0 Å². The highest BCUT2D eigenvalue weighted by atomic mass is 19.3. The van der Waals surface area contributed by atoms with Gasteiger partial charge in [-0.25, -0.2) is 13.6 Å². The molecular formula is C25H26F2N2O5. The average Bonchev–Trinajstić information content (AvgIpc) is 3.23. The second-order valence-corrected chi connectivity index (χ2v) is 8.65. The Morgan fingerprint density at radius 3 is 2.18 bits per heavy atom. The van der Waals surface area contributed by atoms with E-state index in [0.29, 0.717) is 6.42 Å². The predicted octanol–water partition coefficient (Wildman–Crippen LogP) is 3.78. The summed E-state index contributed by atoms with van der Waals surface area (Å²) in [5.41, 5.74) is 4.29. The Morgan fingerprint density at radius 1 is 1.06 bits per heavy atom. The molecule has 7 nitrogen and oxygen atoms in total. The summed E-state index contributed by atoms with van der Waals surface area (Å²) < 4.78 is 32.6.